The van der Waals surface area contributed by atoms with E-state index in [0.29, 0.717) is 47.7 Å². The molecule has 1 aliphatic rings. The largest absolute Gasteiger partial charge is 0.444 e. The number of nitrogen functional groups attached to an aromatic ring is 1. The number of hydrogen-bond donors (Lipinski definition) is 2. The number of carbonyl (C=O) groups excluding carboxylic acids is 2. The lowest BCUT2D eigenvalue weighted by Crippen LogP contribution is -2.43. The van der Waals surface area contributed by atoms with Crippen LogP contribution in [0.5, 0.6) is 0 Å². The lowest BCUT2D eigenvalue weighted by Gasteiger charge is -2.34. The second kappa shape index (κ2) is 11.7. The first-order chi connectivity index (χ1) is 20.3. The third kappa shape index (κ3) is 6.79. The van der Waals surface area contributed by atoms with Crippen molar-refractivity contribution in [3.8, 4) is 11.3 Å². The molecular weight excluding hydrogens is 542 g/mol. The molecule has 226 valence electrons. The van der Waals surface area contributed by atoms with Crippen molar-refractivity contribution in [2.45, 2.75) is 78.0 Å². The number of benzene rings is 2. The Labute approximate surface area is 252 Å². The number of nitrogens with zero attached hydrogens (tertiary/aromatic N) is 5. The van der Waals surface area contributed by atoms with Gasteiger partial charge in [-0.05, 0) is 62.3 Å². The first kappa shape index (κ1) is 30.0. The molecule has 2 amide bonds. The van der Waals surface area contributed by atoms with E-state index in [4.69, 9.17) is 15.6 Å². The van der Waals surface area contributed by atoms with Crippen LogP contribution in [0.4, 0.5) is 10.6 Å². The molecular formula is C33H41N7O3. The number of carbonyl (C=O) groups is 2. The van der Waals surface area contributed by atoms with Crippen molar-refractivity contribution in [2.24, 2.45) is 0 Å². The van der Waals surface area contributed by atoms with Gasteiger partial charge in [-0.15, -0.1) is 0 Å². The van der Waals surface area contributed by atoms with Gasteiger partial charge in [0.2, 0.25) is 0 Å². The number of amides is 2. The second-order valence-electron chi connectivity index (χ2n) is 13.2. The van der Waals surface area contributed by atoms with Crippen LogP contribution in [-0.2, 0) is 16.7 Å². The van der Waals surface area contributed by atoms with Gasteiger partial charge in [0.05, 0.1) is 11.4 Å². The molecule has 1 saturated heterocycles. The highest BCUT2D eigenvalue weighted by Crippen LogP contribution is 2.34. The highest BCUT2D eigenvalue weighted by Gasteiger charge is 2.31. The van der Waals surface area contributed by atoms with E-state index in [2.05, 4.69) is 48.2 Å². The lowest BCUT2D eigenvalue weighted by atomic mass is 9.87. The van der Waals surface area contributed by atoms with Crippen LogP contribution in [-0.4, -0.2) is 55.3 Å². The fourth-order valence-electron chi connectivity index (χ4n) is 5.31. The van der Waals surface area contributed by atoms with Crippen molar-refractivity contribution >= 4 is 28.9 Å². The molecule has 1 fully saturated rings. The van der Waals surface area contributed by atoms with E-state index in [-0.39, 0.29) is 23.5 Å². The van der Waals surface area contributed by atoms with E-state index in [1.807, 2.05) is 55.8 Å². The zero-order chi connectivity index (χ0) is 30.9. The minimum atomic E-state index is -0.578. The van der Waals surface area contributed by atoms with Gasteiger partial charge in [0, 0.05) is 30.8 Å². The number of rotatable bonds is 5. The van der Waals surface area contributed by atoms with Crippen molar-refractivity contribution in [1.82, 2.24) is 30.0 Å². The number of ether oxygens (including phenoxy) is 1. The maximum Gasteiger partial charge on any atom is 0.410 e. The van der Waals surface area contributed by atoms with Gasteiger partial charge in [-0.25, -0.2) is 19.4 Å². The third-order valence-electron chi connectivity index (χ3n) is 7.58. The van der Waals surface area contributed by atoms with Gasteiger partial charge in [0.1, 0.15) is 23.4 Å². The lowest BCUT2D eigenvalue weighted by molar-refractivity contribution is 0.0169. The number of piperidine rings is 1. The molecule has 43 heavy (non-hydrogen) atoms. The summed E-state index contributed by atoms with van der Waals surface area (Å²) in [5.74, 6) is 0.120. The average Bonchev–Trinajstić information content (AvgIpc) is 3.36. The highest BCUT2D eigenvalue weighted by atomic mass is 16.6. The van der Waals surface area contributed by atoms with E-state index in [1.165, 1.54) is 11.9 Å². The monoisotopic (exact) mass is 583 g/mol. The molecule has 4 aromatic rings. The minimum absolute atomic E-state index is 0.0717. The quantitative estimate of drug-likeness (QED) is 0.300. The molecule has 10 heteroatoms. The summed E-state index contributed by atoms with van der Waals surface area (Å²) in [5.41, 5.74) is 10.6. The summed E-state index contributed by atoms with van der Waals surface area (Å²) in [5, 5.41) is 8.60. The van der Waals surface area contributed by atoms with Crippen molar-refractivity contribution in [2.75, 3.05) is 18.8 Å². The van der Waals surface area contributed by atoms with Gasteiger partial charge in [-0.3, -0.25) is 4.79 Å². The van der Waals surface area contributed by atoms with Crippen LogP contribution in [0, 0.1) is 0 Å². The molecule has 2 aromatic heterocycles. The summed E-state index contributed by atoms with van der Waals surface area (Å²) in [4.78, 5) is 36.5. The fourth-order valence-corrected chi connectivity index (χ4v) is 5.31. The summed E-state index contributed by atoms with van der Waals surface area (Å²) < 4.78 is 7.46. The average molecular weight is 584 g/mol. The molecule has 1 aliphatic heterocycles. The van der Waals surface area contributed by atoms with Gasteiger partial charge in [-0.2, -0.15) is 5.10 Å². The first-order valence-electron chi connectivity index (χ1n) is 14.7. The molecule has 5 rings (SSSR count). The van der Waals surface area contributed by atoms with Gasteiger partial charge < -0.3 is 20.7 Å². The van der Waals surface area contributed by atoms with E-state index >= 15 is 0 Å². The number of fused-ring (bicyclic) bond motifs is 1. The van der Waals surface area contributed by atoms with Crippen LogP contribution in [0.2, 0.25) is 0 Å². The fraction of sp³-hybridized carbons (Fsp3) is 0.424. The highest BCUT2D eigenvalue weighted by molar-refractivity contribution is 6.00. The maximum absolute atomic E-state index is 13.2. The molecule has 10 nitrogen and oxygen atoms in total. The molecule has 1 atom stereocenters. The molecule has 0 radical (unpaired) electrons. The van der Waals surface area contributed by atoms with Crippen molar-refractivity contribution in [3.63, 3.8) is 0 Å². The summed E-state index contributed by atoms with van der Waals surface area (Å²) >= 11 is 0. The Kier molecular flexibility index (Phi) is 8.14. The molecule has 0 unspecified atom stereocenters. The Balaban J connectivity index is 1.39. The van der Waals surface area contributed by atoms with E-state index in [9.17, 15) is 9.59 Å². The third-order valence-corrected chi connectivity index (χ3v) is 7.58. The van der Waals surface area contributed by atoms with E-state index in [1.54, 1.807) is 11.0 Å². The molecule has 0 spiro atoms. The number of likely N-dealkylation sites (tertiary alicyclic amines) is 1. The molecule has 2 aromatic carbocycles. The number of hydrogen-bond acceptors (Lipinski definition) is 7. The molecule has 0 saturated carbocycles. The van der Waals surface area contributed by atoms with Gasteiger partial charge >= 0.3 is 6.09 Å². The predicted molar refractivity (Wildman–Crippen MR) is 168 cm³/mol. The topological polar surface area (TPSA) is 128 Å². The van der Waals surface area contributed by atoms with Crippen LogP contribution in [0.15, 0.2) is 54.9 Å². The molecule has 3 heterocycles. The van der Waals surface area contributed by atoms with Crippen molar-refractivity contribution in [3.05, 3.63) is 71.5 Å². The number of aromatic nitrogens is 4. The summed E-state index contributed by atoms with van der Waals surface area (Å²) in [6.45, 7) is 13.6. The number of anilines is 1. The Morgan fingerprint density at radius 2 is 1.79 bits per heavy atom. The Hall–Kier alpha value is -4.47. The van der Waals surface area contributed by atoms with Gasteiger partial charge in [0.15, 0.2) is 5.65 Å². The second-order valence-corrected chi connectivity index (χ2v) is 13.2. The van der Waals surface area contributed by atoms with E-state index in [0.717, 1.165) is 24.0 Å². The zero-order valence-electron chi connectivity index (χ0n) is 25.8. The van der Waals surface area contributed by atoms with E-state index < -0.39 is 5.60 Å². The Morgan fingerprint density at radius 1 is 1.05 bits per heavy atom. The van der Waals surface area contributed by atoms with Gasteiger partial charge in [-0.1, -0.05) is 57.2 Å². The van der Waals surface area contributed by atoms with Crippen molar-refractivity contribution < 1.29 is 14.3 Å². The summed E-state index contributed by atoms with van der Waals surface area (Å²) in [7, 11) is 0. The minimum Gasteiger partial charge on any atom is -0.444 e. The SMILES string of the molecule is CC(C)(C)OC(=O)N1CCC[C@@H](n2nc(-c3cccc(C(=O)NCc4ccc(C(C)(C)C)cc4)c3)c3c(N)ncnc32)C1. The van der Waals surface area contributed by atoms with Crippen molar-refractivity contribution in [1.29, 1.82) is 0 Å². The van der Waals surface area contributed by atoms with Crippen LogP contribution in [0.25, 0.3) is 22.3 Å². The molecule has 0 aliphatic carbocycles. The first-order valence-corrected chi connectivity index (χ1v) is 14.7. The van der Waals surface area contributed by atoms with Crippen LogP contribution >= 0.6 is 0 Å². The smallest absolute Gasteiger partial charge is 0.410 e. The van der Waals surface area contributed by atoms with Crippen LogP contribution in [0.1, 0.15) is 81.9 Å². The molecule has 3 N–H and O–H groups in total. The Morgan fingerprint density at radius 3 is 2.49 bits per heavy atom. The molecule has 0 bridgehead atoms. The summed E-state index contributed by atoms with van der Waals surface area (Å²) in [6, 6.07) is 15.5. The standard InChI is InChI=1S/C33H41N7O3/c1-32(2,3)24-14-12-21(13-15-24)18-35-30(41)23-10-7-9-22(17-23)27-26-28(34)36-20-37-29(26)40(38-27)25-11-8-16-39(19-25)31(42)43-33(4,5)6/h7,9-10,12-15,17,20,25H,8,11,16,18-19H2,1-6H3,(H,35,41)(H2,34,36,37)/t25-/m1/s1. The van der Waals surface area contributed by atoms with Crippen LogP contribution in [0.3, 0.4) is 0 Å². The number of nitrogens with one attached hydrogen (secondary N) is 1. The maximum atomic E-state index is 13.2. The Bertz CT molecular complexity index is 1630. The number of nitrogens with two attached hydrogens (primary N) is 1. The summed E-state index contributed by atoms with van der Waals surface area (Å²) in [6.07, 6.45) is 2.70. The van der Waals surface area contributed by atoms with Crippen LogP contribution < -0.4 is 11.1 Å². The van der Waals surface area contributed by atoms with Gasteiger partial charge in [0.25, 0.3) is 5.91 Å². The predicted octanol–water partition coefficient (Wildman–Crippen LogP) is 5.88. The zero-order valence-corrected chi connectivity index (χ0v) is 25.8. The normalized spacial score (nSPS) is 15.9.